The summed E-state index contributed by atoms with van der Waals surface area (Å²) in [5, 5.41) is 9.89. The van der Waals surface area contributed by atoms with Crippen molar-refractivity contribution >= 4 is 77.3 Å². The van der Waals surface area contributed by atoms with Crippen LogP contribution in [-0.2, 0) is 4.57 Å². The largest absolute Gasteiger partial charge is 0.309 e. The third-order valence-electron chi connectivity index (χ3n) is 10.1. The molecule has 0 saturated carbocycles. The molecule has 7 aromatic carbocycles. The molecule has 10 aromatic rings. The van der Waals surface area contributed by atoms with Crippen LogP contribution < -0.4 is 15.9 Å². The third kappa shape index (κ3) is 4.84. The van der Waals surface area contributed by atoms with E-state index in [-0.39, 0.29) is 0 Å². The Bertz CT molecular complexity index is 2990. The second kappa shape index (κ2) is 12.1. The van der Waals surface area contributed by atoms with Gasteiger partial charge in [0.1, 0.15) is 0 Å². The van der Waals surface area contributed by atoms with Gasteiger partial charge in [0.05, 0.1) is 27.9 Å². The summed E-state index contributed by atoms with van der Waals surface area (Å²) in [4.78, 5) is 15.6. The van der Waals surface area contributed by atoms with Gasteiger partial charge in [0, 0.05) is 60.2 Å². The maximum atomic E-state index is 15.1. The van der Waals surface area contributed by atoms with Crippen LogP contribution in [0.3, 0.4) is 0 Å². The predicted molar refractivity (Wildman–Crippen MR) is 218 cm³/mol. The average molecular weight is 684 g/mol. The fourth-order valence-corrected chi connectivity index (χ4v) is 10.2. The SMILES string of the molecule is O=P(c1ccccc1)(c1ccccc1)c1ccc(-c2nc3ccccc3c3cnc4c(ccc5ccc(-c6ccc7ccccc7c6)nc54)c23)cc1. The first kappa shape index (κ1) is 30.4. The number of hydrogen-bond acceptors (Lipinski definition) is 4. The first-order valence-electron chi connectivity index (χ1n) is 17.4. The van der Waals surface area contributed by atoms with Crippen molar-refractivity contribution in [1.29, 1.82) is 0 Å². The minimum atomic E-state index is -3.12. The van der Waals surface area contributed by atoms with Crippen molar-refractivity contribution in [3.05, 3.63) is 182 Å². The molecule has 52 heavy (non-hydrogen) atoms. The van der Waals surface area contributed by atoms with Gasteiger partial charge < -0.3 is 4.57 Å². The Morgan fingerprint density at radius 3 is 1.81 bits per heavy atom. The smallest absolute Gasteiger partial charge is 0.171 e. The molecule has 0 aliphatic rings. The lowest BCUT2D eigenvalue weighted by Gasteiger charge is -2.20. The summed E-state index contributed by atoms with van der Waals surface area (Å²) in [7, 11) is -3.12. The van der Waals surface area contributed by atoms with Gasteiger partial charge in [0.2, 0.25) is 0 Å². The lowest BCUT2D eigenvalue weighted by molar-refractivity contribution is 0.592. The Morgan fingerprint density at radius 2 is 1.04 bits per heavy atom. The van der Waals surface area contributed by atoms with E-state index in [1.54, 1.807) is 0 Å². The van der Waals surface area contributed by atoms with Crippen molar-refractivity contribution in [3.8, 4) is 22.5 Å². The van der Waals surface area contributed by atoms with Crippen LogP contribution in [0.4, 0.5) is 0 Å². The van der Waals surface area contributed by atoms with Crippen molar-refractivity contribution < 1.29 is 4.57 Å². The summed E-state index contributed by atoms with van der Waals surface area (Å²) in [6, 6.07) is 59.3. The van der Waals surface area contributed by atoms with Crippen LogP contribution in [0.1, 0.15) is 0 Å². The molecule has 10 rings (SSSR count). The number of rotatable bonds is 5. The molecular formula is C47H30N3OP. The van der Waals surface area contributed by atoms with Gasteiger partial charge >= 0.3 is 0 Å². The van der Waals surface area contributed by atoms with E-state index in [1.165, 1.54) is 10.8 Å². The molecule has 0 fully saturated rings. The molecule has 3 heterocycles. The van der Waals surface area contributed by atoms with E-state index in [9.17, 15) is 0 Å². The maximum absolute atomic E-state index is 15.1. The number of aromatic nitrogens is 3. The first-order chi connectivity index (χ1) is 25.6. The molecule has 0 radical (unpaired) electrons. The Morgan fingerprint density at radius 1 is 0.423 bits per heavy atom. The fourth-order valence-electron chi connectivity index (χ4n) is 7.55. The molecule has 5 heteroatoms. The Labute approximate surface area is 300 Å². The van der Waals surface area contributed by atoms with Crippen LogP contribution in [0, 0.1) is 0 Å². The zero-order valence-electron chi connectivity index (χ0n) is 28.0. The number of fused-ring (bicyclic) bond motifs is 8. The molecule has 0 N–H and O–H groups in total. The van der Waals surface area contributed by atoms with Crippen molar-refractivity contribution in [1.82, 2.24) is 15.0 Å². The van der Waals surface area contributed by atoms with Gasteiger partial charge in [-0.15, -0.1) is 0 Å². The van der Waals surface area contributed by atoms with Crippen LogP contribution in [0.5, 0.6) is 0 Å². The molecule has 4 nitrogen and oxygen atoms in total. The van der Waals surface area contributed by atoms with E-state index in [0.717, 1.165) is 81.9 Å². The van der Waals surface area contributed by atoms with Gasteiger partial charge in [-0.05, 0) is 29.0 Å². The van der Waals surface area contributed by atoms with E-state index in [4.69, 9.17) is 15.0 Å². The number of pyridine rings is 3. The van der Waals surface area contributed by atoms with E-state index in [1.807, 2.05) is 97.2 Å². The summed E-state index contributed by atoms with van der Waals surface area (Å²) in [6.07, 6.45) is 1.97. The molecule has 3 aromatic heterocycles. The molecular weight excluding hydrogens is 654 g/mol. The van der Waals surface area contributed by atoms with Crippen LogP contribution in [0.15, 0.2) is 182 Å². The lowest BCUT2D eigenvalue weighted by atomic mass is 9.97. The molecule has 0 spiro atoms. The van der Waals surface area contributed by atoms with Gasteiger partial charge in [0.15, 0.2) is 7.14 Å². The number of hydrogen-bond donors (Lipinski definition) is 0. The summed E-state index contributed by atoms with van der Waals surface area (Å²) >= 11 is 0. The second-order valence-electron chi connectivity index (χ2n) is 13.1. The van der Waals surface area contributed by atoms with Crippen molar-refractivity contribution in [3.63, 3.8) is 0 Å². The molecule has 0 aliphatic heterocycles. The van der Waals surface area contributed by atoms with Crippen LogP contribution in [0.25, 0.3) is 76.8 Å². The normalized spacial score (nSPS) is 11.9. The minimum absolute atomic E-state index is 0.779. The molecule has 0 amide bonds. The molecule has 0 aliphatic carbocycles. The van der Waals surface area contributed by atoms with Gasteiger partial charge in [0.25, 0.3) is 0 Å². The van der Waals surface area contributed by atoms with Crippen LogP contribution in [0.2, 0.25) is 0 Å². The summed E-state index contributed by atoms with van der Waals surface area (Å²) in [6.45, 7) is 0. The maximum Gasteiger partial charge on any atom is 0.171 e. The number of nitrogens with zero attached hydrogens (tertiary/aromatic N) is 3. The standard InChI is InChI=1S/C47H30N3OP/c51-52(36-13-3-1-4-14-36,37-15-5-2-6-16-37)38-25-21-32(22-26-38)45-44-40-27-23-33-24-28-42(35-20-19-31-11-7-8-12-34(31)29-35)49-46(33)47(40)48-30-41(44)39-17-9-10-18-43(39)50-45/h1-30H. The predicted octanol–water partition coefficient (Wildman–Crippen LogP) is 10.6. The van der Waals surface area contributed by atoms with Crippen molar-refractivity contribution in [2.75, 3.05) is 0 Å². The highest BCUT2D eigenvalue weighted by molar-refractivity contribution is 7.85. The summed E-state index contributed by atoms with van der Waals surface area (Å²) in [5.74, 6) is 0. The number of para-hydroxylation sites is 1. The van der Waals surface area contributed by atoms with Crippen LogP contribution in [-0.4, -0.2) is 15.0 Å². The highest BCUT2D eigenvalue weighted by Crippen LogP contribution is 2.43. The lowest BCUT2D eigenvalue weighted by Crippen LogP contribution is -2.24. The summed E-state index contributed by atoms with van der Waals surface area (Å²) < 4.78 is 15.1. The molecule has 0 saturated heterocycles. The van der Waals surface area contributed by atoms with E-state index < -0.39 is 7.14 Å². The second-order valence-corrected chi connectivity index (χ2v) is 15.9. The quantitative estimate of drug-likeness (QED) is 0.134. The molecule has 0 unspecified atom stereocenters. The van der Waals surface area contributed by atoms with Crippen molar-refractivity contribution in [2.24, 2.45) is 0 Å². The Balaban J connectivity index is 1.18. The highest BCUT2D eigenvalue weighted by Gasteiger charge is 2.29. The summed E-state index contributed by atoms with van der Waals surface area (Å²) in [5.41, 5.74) is 6.35. The van der Waals surface area contributed by atoms with Crippen LogP contribution >= 0.6 is 7.14 Å². The van der Waals surface area contributed by atoms with E-state index in [2.05, 4.69) is 84.9 Å². The van der Waals surface area contributed by atoms with E-state index >= 15 is 4.57 Å². The third-order valence-corrected chi connectivity index (χ3v) is 13.2. The van der Waals surface area contributed by atoms with Gasteiger partial charge in [-0.1, -0.05) is 158 Å². The van der Waals surface area contributed by atoms with Gasteiger partial charge in [-0.2, -0.15) is 0 Å². The zero-order valence-corrected chi connectivity index (χ0v) is 28.9. The first-order valence-corrected chi connectivity index (χ1v) is 19.1. The van der Waals surface area contributed by atoms with Crippen molar-refractivity contribution in [2.45, 2.75) is 0 Å². The molecule has 0 atom stereocenters. The Kier molecular flexibility index (Phi) is 7.06. The average Bonchev–Trinajstić information content (AvgIpc) is 3.23. The van der Waals surface area contributed by atoms with Gasteiger partial charge in [-0.25, -0.2) is 9.97 Å². The Hall–Kier alpha value is -6.48. The zero-order chi connectivity index (χ0) is 34.6. The fraction of sp³-hybridized carbons (Fsp3) is 0. The minimum Gasteiger partial charge on any atom is -0.309 e. The topological polar surface area (TPSA) is 55.7 Å². The molecule has 0 bridgehead atoms. The highest BCUT2D eigenvalue weighted by atomic mass is 31.2. The van der Waals surface area contributed by atoms with Gasteiger partial charge in [-0.3, -0.25) is 4.98 Å². The monoisotopic (exact) mass is 683 g/mol. The number of benzene rings is 7. The molecule has 244 valence electrons. The van der Waals surface area contributed by atoms with E-state index in [0.29, 0.717) is 0 Å².